The van der Waals surface area contributed by atoms with Crippen molar-refractivity contribution in [1.29, 1.82) is 0 Å². The minimum absolute atomic E-state index is 0. The van der Waals surface area contributed by atoms with Gasteiger partial charge in [0, 0.05) is 17.6 Å². The van der Waals surface area contributed by atoms with Crippen LogP contribution in [0.1, 0.15) is 45.1 Å². The van der Waals surface area contributed by atoms with Gasteiger partial charge >= 0.3 is 0 Å². The Labute approximate surface area is 134 Å². The first-order chi connectivity index (χ1) is 9.52. The van der Waals surface area contributed by atoms with Gasteiger partial charge in [0.1, 0.15) is 0 Å². The van der Waals surface area contributed by atoms with Gasteiger partial charge in [-0.05, 0) is 49.3 Å². The number of nitrogens with two attached hydrogens (primary N) is 1. The van der Waals surface area contributed by atoms with Crippen molar-refractivity contribution in [2.75, 3.05) is 12.3 Å². The number of rotatable bonds is 6. The van der Waals surface area contributed by atoms with E-state index in [4.69, 9.17) is 5.73 Å². The summed E-state index contributed by atoms with van der Waals surface area (Å²) in [6.45, 7) is 5.10. The summed E-state index contributed by atoms with van der Waals surface area (Å²) in [6.07, 6.45) is 5.18. The van der Waals surface area contributed by atoms with Gasteiger partial charge in [-0.1, -0.05) is 32.4 Å². The summed E-state index contributed by atoms with van der Waals surface area (Å²) in [6, 6.07) is 7.86. The molecule has 1 saturated carbocycles. The van der Waals surface area contributed by atoms with Crippen LogP contribution in [0.2, 0.25) is 0 Å². The number of anilines is 1. The van der Waals surface area contributed by atoms with Gasteiger partial charge in [0.25, 0.3) is 0 Å². The molecule has 0 saturated heterocycles. The Morgan fingerprint density at radius 3 is 2.38 bits per heavy atom. The van der Waals surface area contributed by atoms with Gasteiger partial charge in [-0.25, -0.2) is 0 Å². The van der Waals surface area contributed by atoms with Crippen LogP contribution in [0.25, 0.3) is 0 Å². The van der Waals surface area contributed by atoms with E-state index in [1.807, 2.05) is 24.3 Å². The van der Waals surface area contributed by atoms with Crippen LogP contribution in [-0.2, 0) is 11.2 Å². The molecule has 4 heteroatoms. The molecule has 0 aliphatic heterocycles. The molecule has 21 heavy (non-hydrogen) atoms. The lowest BCUT2D eigenvalue weighted by Gasteiger charge is -2.41. The lowest BCUT2D eigenvalue weighted by molar-refractivity contribution is -0.137. The molecule has 1 aromatic rings. The van der Waals surface area contributed by atoms with E-state index in [9.17, 15) is 4.79 Å². The topological polar surface area (TPSA) is 55.1 Å². The molecule has 3 nitrogen and oxygen atoms in total. The Bertz CT molecular complexity index is 452. The molecule has 1 aromatic carbocycles. The van der Waals surface area contributed by atoms with Crippen LogP contribution in [0.3, 0.4) is 0 Å². The predicted molar refractivity (Wildman–Crippen MR) is 90.6 cm³/mol. The van der Waals surface area contributed by atoms with Crippen LogP contribution in [-0.4, -0.2) is 12.5 Å². The van der Waals surface area contributed by atoms with Gasteiger partial charge in [-0.2, -0.15) is 0 Å². The van der Waals surface area contributed by atoms with Crippen molar-refractivity contribution in [1.82, 2.24) is 5.32 Å². The summed E-state index contributed by atoms with van der Waals surface area (Å²) >= 11 is 0. The van der Waals surface area contributed by atoms with Crippen LogP contribution >= 0.6 is 12.4 Å². The molecular formula is C17H27ClN2O. The third-order valence-electron chi connectivity index (χ3n) is 4.27. The number of benzene rings is 1. The number of carbonyl (C=O) groups excluding carboxylic acids is 1. The predicted octanol–water partition coefficient (Wildman–Crippen LogP) is 3.57. The van der Waals surface area contributed by atoms with E-state index >= 15 is 0 Å². The average molecular weight is 311 g/mol. The fraction of sp³-hybridized carbons (Fsp3) is 0.588. The highest BCUT2D eigenvalue weighted by Gasteiger charge is 2.43. The van der Waals surface area contributed by atoms with Crippen molar-refractivity contribution in [2.45, 2.75) is 46.0 Å². The molecule has 0 radical (unpaired) electrons. The lowest BCUT2D eigenvalue weighted by atomic mass is 9.64. The van der Waals surface area contributed by atoms with E-state index in [-0.39, 0.29) is 23.7 Å². The van der Waals surface area contributed by atoms with Crippen LogP contribution < -0.4 is 11.1 Å². The number of nitrogen functional groups attached to an aromatic ring is 1. The number of hydrogen-bond acceptors (Lipinski definition) is 2. The lowest BCUT2D eigenvalue weighted by Crippen LogP contribution is -2.47. The standard InChI is InChI=1S/C17H26N2O.ClH/c1-13(2)12-17(9-3-10-17)16(20)19-11-8-14-4-6-15(18)7-5-14;/h4-7,13H,3,8-12,18H2,1-2H3,(H,19,20);1H. The Balaban J connectivity index is 0.00000220. The van der Waals surface area contributed by atoms with Crippen LogP contribution in [0.5, 0.6) is 0 Å². The summed E-state index contributed by atoms with van der Waals surface area (Å²) < 4.78 is 0. The van der Waals surface area contributed by atoms with Gasteiger partial charge in [-0.15, -0.1) is 12.4 Å². The first-order valence-corrected chi connectivity index (χ1v) is 7.64. The smallest absolute Gasteiger partial charge is 0.226 e. The second-order valence-electron chi connectivity index (χ2n) is 6.48. The molecule has 0 unspecified atom stereocenters. The highest BCUT2D eigenvalue weighted by molar-refractivity contribution is 5.85. The molecule has 0 spiro atoms. The van der Waals surface area contributed by atoms with Crippen molar-refractivity contribution >= 4 is 24.0 Å². The highest BCUT2D eigenvalue weighted by Crippen LogP contribution is 2.46. The van der Waals surface area contributed by atoms with Gasteiger partial charge in [-0.3, -0.25) is 4.79 Å². The van der Waals surface area contributed by atoms with Crippen LogP contribution in [0.15, 0.2) is 24.3 Å². The second kappa shape index (κ2) is 7.69. The molecule has 0 aromatic heterocycles. The van der Waals surface area contributed by atoms with Crippen molar-refractivity contribution in [3.63, 3.8) is 0 Å². The van der Waals surface area contributed by atoms with E-state index in [1.54, 1.807) is 0 Å². The van der Waals surface area contributed by atoms with Gasteiger partial charge in [0.05, 0.1) is 0 Å². The molecule has 0 heterocycles. The van der Waals surface area contributed by atoms with E-state index in [0.717, 1.165) is 31.4 Å². The molecule has 3 N–H and O–H groups in total. The fourth-order valence-corrected chi connectivity index (χ4v) is 3.10. The maximum atomic E-state index is 12.4. The maximum Gasteiger partial charge on any atom is 0.226 e. The normalized spacial score (nSPS) is 16.0. The monoisotopic (exact) mass is 310 g/mol. The van der Waals surface area contributed by atoms with Crippen molar-refractivity contribution in [3.05, 3.63) is 29.8 Å². The summed E-state index contributed by atoms with van der Waals surface area (Å²) in [7, 11) is 0. The largest absolute Gasteiger partial charge is 0.399 e. The summed E-state index contributed by atoms with van der Waals surface area (Å²) in [5.41, 5.74) is 7.58. The molecule has 1 aliphatic carbocycles. The first-order valence-electron chi connectivity index (χ1n) is 7.64. The Kier molecular flexibility index (Phi) is 6.53. The minimum atomic E-state index is -0.0741. The molecule has 1 aliphatic rings. The van der Waals surface area contributed by atoms with Gasteiger partial charge in [0.15, 0.2) is 0 Å². The zero-order valence-corrected chi connectivity index (χ0v) is 13.8. The fourth-order valence-electron chi connectivity index (χ4n) is 3.10. The third-order valence-corrected chi connectivity index (χ3v) is 4.27. The first kappa shape index (κ1) is 17.8. The quantitative estimate of drug-likeness (QED) is 0.789. The Morgan fingerprint density at radius 2 is 1.90 bits per heavy atom. The number of halogens is 1. The molecule has 0 atom stereocenters. The summed E-state index contributed by atoms with van der Waals surface area (Å²) in [4.78, 5) is 12.4. The number of hydrogen-bond donors (Lipinski definition) is 2. The molecule has 118 valence electrons. The highest BCUT2D eigenvalue weighted by atomic mass is 35.5. The number of amides is 1. The van der Waals surface area contributed by atoms with E-state index in [1.165, 1.54) is 12.0 Å². The second-order valence-corrected chi connectivity index (χ2v) is 6.48. The zero-order chi connectivity index (χ0) is 14.6. The van der Waals surface area contributed by atoms with E-state index < -0.39 is 0 Å². The Morgan fingerprint density at radius 1 is 1.29 bits per heavy atom. The van der Waals surface area contributed by atoms with Gasteiger partial charge in [0.2, 0.25) is 5.91 Å². The minimum Gasteiger partial charge on any atom is -0.399 e. The van der Waals surface area contributed by atoms with Crippen molar-refractivity contribution in [3.8, 4) is 0 Å². The SMILES string of the molecule is CC(C)CC1(C(=O)NCCc2ccc(N)cc2)CCC1.Cl. The number of nitrogens with one attached hydrogen (secondary N) is 1. The molecule has 2 rings (SSSR count). The molecule has 1 fully saturated rings. The zero-order valence-electron chi connectivity index (χ0n) is 13.0. The van der Waals surface area contributed by atoms with Crippen molar-refractivity contribution in [2.24, 2.45) is 11.3 Å². The van der Waals surface area contributed by atoms with Gasteiger partial charge < -0.3 is 11.1 Å². The van der Waals surface area contributed by atoms with Crippen LogP contribution in [0.4, 0.5) is 5.69 Å². The summed E-state index contributed by atoms with van der Waals surface area (Å²) in [5, 5.41) is 3.12. The molecular weight excluding hydrogens is 284 g/mol. The van der Waals surface area contributed by atoms with Crippen molar-refractivity contribution < 1.29 is 4.79 Å². The van der Waals surface area contributed by atoms with Crippen LogP contribution in [0, 0.1) is 11.3 Å². The number of carbonyl (C=O) groups is 1. The summed E-state index contributed by atoms with van der Waals surface area (Å²) in [5.74, 6) is 0.839. The van der Waals surface area contributed by atoms with E-state index in [0.29, 0.717) is 12.5 Å². The molecule has 0 bridgehead atoms. The van der Waals surface area contributed by atoms with E-state index in [2.05, 4.69) is 19.2 Å². The average Bonchev–Trinajstić information content (AvgIpc) is 2.36. The maximum absolute atomic E-state index is 12.4. The molecule has 1 amide bonds. The third kappa shape index (κ3) is 4.63. The Hall–Kier alpha value is -1.22.